The van der Waals surface area contributed by atoms with E-state index < -0.39 is 13.5 Å². The number of aliphatic hydroxyl groups is 1. The molecule has 48 valence electrons. The van der Waals surface area contributed by atoms with E-state index in [1.165, 1.54) is 0 Å². The minimum Gasteiger partial charge on any atom is -0.393 e. The highest BCUT2D eigenvalue weighted by atomic mass is 35.7. The minimum absolute atomic E-state index is 0.159. The lowest BCUT2D eigenvalue weighted by atomic mass is 10.5. The molecule has 3 nitrogen and oxygen atoms in total. The Kier molecular flexibility index (Phi) is 4.38. The second-order valence-corrected chi connectivity index (χ2v) is 2.78. The van der Waals surface area contributed by atoms with Crippen molar-refractivity contribution in [1.29, 1.82) is 0 Å². The summed E-state index contributed by atoms with van der Waals surface area (Å²) in [5.41, 5.74) is 0. The molecule has 0 aliphatic rings. The monoisotopic (exact) mass is 157 g/mol. The zero-order chi connectivity index (χ0) is 6.57. The van der Waals surface area contributed by atoms with Crippen molar-refractivity contribution in [2.45, 2.75) is 13.0 Å². The second kappa shape index (κ2) is 4.21. The van der Waals surface area contributed by atoms with Crippen LogP contribution in [0.25, 0.3) is 0 Å². The average molecular weight is 158 g/mol. The van der Waals surface area contributed by atoms with Gasteiger partial charge in [0.2, 0.25) is 11.2 Å². The molecular formula is C3H7ClO3P+. The van der Waals surface area contributed by atoms with Crippen molar-refractivity contribution in [3.05, 3.63) is 0 Å². The van der Waals surface area contributed by atoms with E-state index in [1.54, 1.807) is 6.92 Å². The Bertz CT molecular complexity index is 86.6. The quantitative estimate of drug-likeness (QED) is 0.628. The van der Waals surface area contributed by atoms with Crippen LogP contribution in [-0.4, -0.2) is 17.8 Å². The summed E-state index contributed by atoms with van der Waals surface area (Å²) in [6, 6.07) is 0. The zero-order valence-corrected chi connectivity index (χ0v) is 6.02. The van der Waals surface area contributed by atoms with E-state index in [2.05, 4.69) is 4.52 Å². The van der Waals surface area contributed by atoms with Crippen LogP contribution in [0.4, 0.5) is 0 Å². The van der Waals surface area contributed by atoms with E-state index in [9.17, 15) is 4.57 Å². The van der Waals surface area contributed by atoms with Crippen LogP contribution in [0.2, 0.25) is 0 Å². The van der Waals surface area contributed by atoms with Crippen molar-refractivity contribution >= 4 is 18.6 Å². The maximum absolute atomic E-state index is 9.99. The first-order valence-electron chi connectivity index (χ1n) is 2.07. The molecule has 0 bridgehead atoms. The molecule has 0 spiro atoms. The van der Waals surface area contributed by atoms with Gasteiger partial charge in [-0.25, -0.2) is 0 Å². The van der Waals surface area contributed by atoms with E-state index in [1.807, 2.05) is 0 Å². The van der Waals surface area contributed by atoms with Crippen LogP contribution in [0.3, 0.4) is 0 Å². The van der Waals surface area contributed by atoms with E-state index in [0.717, 1.165) is 0 Å². The minimum atomic E-state index is -2.08. The van der Waals surface area contributed by atoms with Gasteiger partial charge in [0, 0.05) is 0 Å². The Balaban J connectivity index is 3.24. The summed E-state index contributed by atoms with van der Waals surface area (Å²) in [7, 11) is -2.08. The Hall–Kier alpha value is 0.310. The molecule has 0 aliphatic carbocycles. The topological polar surface area (TPSA) is 46.5 Å². The highest BCUT2D eigenvalue weighted by molar-refractivity contribution is 7.69. The molecule has 0 aromatic heterocycles. The molecule has 0 saturated carbocycles. The van der Waals surface area contributed by atoms with Crippen molar-refractivity contribution in [2.24, 2.45) is 0 Å². The molecule has 0 fully saturated rings. The standard InChI is InChI=1S/C3H7ClO3P/c1-3(2-5)7-8(4)6/h3,5H,2H2,1H3/q+1. The van der Waals surface area contributed by atoms with Crippen LogP contribution >= 0.6 is 18.6 Å². The maximum atomic E-state index is 9.99. The largest absolute Gasteiger partial charge is 0.634 e. The molecular weight excluding hydrogens is 150 g/mol. The molecule has 1 N–H and O–H groups in total. The third-order valence-electron chi connectivity index (χ3n) is 0.520. The van der Waals surface area contributed by atoms with Gasteiger partial charge in [0.25, 0.3) is 0 Å². The number of hydrogen-bond donors (Lipinski definition) is 1. The molecule has 0 saturated heterocycles. The Morgan fingerprint density at radius 2 is 2.50 bits per heavy atom. The van der Waals surface area contributed by atoms with Crippen molar-refractivity contribution in [2.75, 3.05) is 6.61 Å². The summed E-state index contributed by atoms with van der Waals surface area (Å²) in [5, 5.41) is 8.27. The maximum Gasteiger partial charge on any atom is 0.634 e. The molecule has 0 amide bonds. The number of halogens is 1. The molecule has 0 aliphatic heterocycles. The van der Waals surface area contributed by atoms with Gasteiger partial charge in [0.15, 0.2) is 0 Å². The van der Waals surface area contributed by atoms with Gasteiger partial charge < -0.3 is 5.11 Å². The fraction of sp³-hybridized carbons (Fsp3) is 1.00. The molecule has 5 heteroatoms. The van der Waals surface area contributed by atoms with Gasteiger partial charge in [-0.15, -0.1) is 4.52 Å². The summed E-state index contributed by atoms with van der Waals surface area (Å²) in [5.74, 6) is 0. The van der Waals surface area contributed by atoms with Gasteiger partial charge >= 0.3 is 7.38 Å². The average Bonchev–Trinajstić information content (AvgIpc) is 1.65. The van der Waals surface area contributed by atoms with Crippen molar-refractivity contribution in [3.63, 3.8) is 0 Å². The predicted octanol–water partition coefficient (Wildman–Crippen LogP) is 1.28. The lowest BCUT2D eigenvalue weighted by Crippen LogP contribution is -2.07. The van der Waals surface area contributed by atoms with E-state index in [-0.39, 0.29) is 6.61 Å². The first-order valence-corrected chi connectivity index (χ1v) is 4.15. The van der Waals surface area contributed by atoms with Crippen LogP contribution in [0.5, 0.6) is 0 Å². The van der Waals surface area contributed by atoms with Gasteiger partial charge in [-0.1, -0.05) is 0 Å². The highest BCUT2D eigenvalue weighted by Gasteiger charge is 2.17. The van der Waals surface area contributed by atoms with E-state index >= 15 is 0 Å². The molecule has 0 radical (unpaired) electrons. The Morgan fingerprint density at radius 3 is 2.62 bits per heavy atom. The number of rotatable bonds is 3. The molecule has 0 aromatic carbocycles. The summed E-state index contributed by atoms with van der Waals surface area (Å²) >= 11 is 4.93. The predicted molar refractivity (Wildman–Crippen MR) is 31.1 cm³/mol. The number of hydrogen-bond acceptors (Lipinski definition) is 3. The molecule has 0 heterocycles. The van der Waals surface area contributed by atoms with Crippen molar-refractivity contribution in [3.8, 4) is 0 Å². The van der Waals surface area contributed by atoms with Crippen LogP contribution in [-0.2, 0) is 9.09 Å². The van der Waals surface area contributed by atoms with Crippen molar-refractivity contribution in [1.82, 2.24) is 0 Å². The van der Waals surface area contributed by atoms with Crippen LogP contribution in [0, 0.1) is 0 Å². The van der Waals surface area contributed by atoms with Crippen LogP contribution < -0.4 is 0 Å². The van der Waals surface area contributed by atoms with Crippen LogP contribution in [0.15, 0.2) is 0 Å². The lowest BCUT2D eigenvalue weighted by molar-refractivity contribution is 0.140. The third-order valence-corrected chi connectivity index (χ3v) is 1.28. The Morgan fingerprint density at radius 1 is 2.00 bits per heavy atom. The van der Waals surface area contributed by atoms with Gasteiger partial charge in [-0.3, -0.25) is 0 Å². The van der Waals surface area contributed by atoms with E-state index in [4.69, 9.17) is 16.3 Å². The molecule has 2 unspecified atom stereocenters. The molecule has 0 aromatic rings. The lowest BCUT2D eigenvalue weighted by Gasteiger charge is -1.93. The second-order valence-electron chi connectivity index (χ2n) is 1.31. The molecule has 0 rings (SSSR count). The summed E-state index contributed by atoms with van der Waals surface area (Å²) < 4.78 is 14.4. The smallest absolute Gasteiger partial charge is 0.393 e. The third kappa shape index (κ3) is 4.47. The SMILES string of the molecule is CC(CO)O[P+](=O)Cl. The van der Waals surface area contributed by atoms with Gasteiger partial charge in [-0.2, -0.15) is 0 Å². The van der Waals surface area contributed by atoms with Gasteiger partial charge in [-0.05, 0) is 11.5 Å². The van der Waals surface area contributed by atoms with Crippen molar-refractivity contribution < 1.29 is 14.2 Å². The van der Waals surface area contributed by atoms with Gasteiger partial charge in [0.05, 0.1) is 6.61 Å². The highest BCUT2D eigenvalue weighted by Crippen LogP contribution is 2.29. The normalized spacial score (nSPS) is 15.6. The first kappa shape index (κ1) is 8.31. The summed E-state index contributed by atoms with van der Waals surface area (Å²) in [4.78, 5) is 0. The fourth-order valence-corrected chi connectivity index (χ4v) is 0.933. The van der Waals surface area contributed by atoms with E-state index in [0.29, 0.717) is 0 Å². The zero-order valence-electron chi connectivity index (χ0n) is 4.37. The fourth-order valence-electron chi connectivity index (χ4n) is 0.175. The first-order chi connectivity index (χ1) is 3.66. The van der Waals surface area contributed by atoms with Gasteiger partial charge in [0.1, 0.15) is 6.10 Å². The molecule has 8 heavy (non-hydrogen) atoms. The molecule has 2 atom stereocenters. The number of aliphatic hydroxyl groups excluding tert-OH is 1. The van der Waals surface area contributed by atoms with Crippen LogP contribution in [0.1, 0.15) is 6.92 Å². The summed E-state index contributed by atoms with van der Waals surface area (Å²) in [6.07, 6.45) is -0.434. The Labute approximate surface area is 53.3 Å². The summed E-state index contributed by atoms with van der Waals surface area (Å²) in [6.45, 7) is 1.42.